The number of amides is 2. The molecule has 1 aromatic heterocycles. The lowest BCUT2D eigenvalue weighted by molar-refractivity contribution is -0.128. The maximum Gasteiger partial charge on any atom is 0.250 e. The van der Waals surface area contributed by atoms with E-state index in [1.807, 2.05) is 39.1 Å². The van der Waals surface area contributed by atoms with Crippen molar-refractivity contribution in [3.8, 4) is 0 Å². The lowest BCUT2D eigenvalue weighted by Gasteiger charge is -2.25. The molecule has 1 aliphatic rings. The van der Waals surface area contributed by atoms with Gasteiger partial charge in [-0.15, -0.1) is 0 Å². The third-order valence-electron chi connectivity index (χ3n) is 6.93. The van der Waals surface area contributed by atoms with Gasteiger partial charge in [0.05, 0.1) is 29.8 Å². The van der Waals surface area contributed by atoms with Crippen LogP contribution in [0.3, 0.4) is 0 Å². The van der Waals surface area contributed by atoms with Gasteiger partial charge in [0.15, 0.2) is 0 Å². The third kappa shape index (κ3) is 8.74. The molecule has 0 radical (unpaired) electrons. The summed E-state index contributed by atoms with van der Waals surface area (Å²) in [7, 11) is 1.60. The molecule has 9 nitrogen and oxygen atoms in total. The number of ether oxygens (including phenoxy) is 2. The van der Waals surface area contributed by atoms with Crippen LogP contribution in [-0.4, -0.2) is 54.4 Å². The van der Waals surface area contributed by atoms with Crippen LogP contribution in [-0.2, 0) is 19.1 Å². The van der Waals surface area contributed by atoms with Crippen LogP contribution in [0.5, 0.6) is 0 Å². The van der Waals surface area contributed by atoms with E-state index in [4.69, 9.17) is 15.3 Å². The van der Waals surface area contributed by atoms with E-state index in [2.05, 4.69) is 54.0 Å². The second kappa shape index (κ2) is 14.4. The zero-order chi connectivity index (χ0) is 27.7. The first-order chi connectivity index (χ1) is 17.6. The van der Waals surface area contributed by atoms with Crippen LogP contribution in [0.2, 0.25) is 0 Å². The summed E-state index contributed by atoms with van der Waals surface area (Å²) in [6.07, 6.45) is 8.93. The summed E-state index contributed by atoms with van der Waals surface area (Å²) < 4.78 is 11.4. The fourth-order valence-electron chi connectivity index (χ4n) is 4.17. The molecular weight excluding hydrogens is 470 g/mol. The highest BCUT2D eigenvalue weighted by Gasteiger charge is 2.48. The Balaban J connectivity index is 2.06. The second-order valence-electron chi connectivity index (χ2n) is 10.0. The molecule has 0 bridgehead atoms. The first-order valence-electron chi connectivity index (χ1n) is 13.2. The number of epoxide rings is 1. The number of aromatic nitrogens is 1. The van der Waals surface area contributed by atoms with Crippen molar-refractivity contribution >= 4 is 24.0 Å². The summed E-state index contributed by atoms with van der Waals surface area (Å²) in [5, 5.41) is 6.20. The van der Waals surface area contributed by atoms with Crippen LogP contribution in [0.15, 0.2) is 23.9 Å². The van der Waals surface area contributed by atoms with E-state index >= 15 is 0 Å². The highest BCUT2D eigenvalue weighted by atomic mass is 16.6. The molecule has 2 heterocycles. The summed E-state index contributed by atoms with van der Waals surface area (Å²) in [4.78, 5) is 29.4. The van der Waals surface area contributed by atoms with Gasteiger partial charge >= 0.3 is 0 Å². The van der Waals surface area contributed by atoms with Crippen LogP contribution in [0.1, 0.15) is 71.2 Å². The molecule has 6 atom stereocenters. The zero-order valence-corrected chi connectivity index (χ0v) is 23.5. The summed E-state index contributed by atoms with van der Waals surface area (Å²) in [6.45, 7) is 14.0. The molecule has 0 aliphatic carbocycles. The lowest BCUT2D eigenvalue weighted by Crippen LogP contribution is -2.50. The summed E-state index contributed by atoms with van der Waals surface area (Å²) >= 11 is 0. The van der Waals surface area contributed by atoms with Gasteiger partial charge < -0.3 is 14.8 Å². The van der Waals surface area contributed by atoms with Gasteiger partial charge in [0.25, 0.3) is 5.91 Å². The van der Waals surface area contributed by atoms with E-state index in [9.17, 15) is 9.59 Å². The average Bonchev–Trinajstić information content (AvgIpc) is 3.64. The van der Waals surface area contributed by atoms with Gasteiger partial charge in [-0.25, -0.2) is 5.84 Å². The summed E-state index contributed by atoms with van der Waals surface area (Å²) in [5.74, 6) is 4.43. The number of carbonyl (C=O) groups is 2. The van der Waals surface area contributed by atoms with Crippen LogP contribution < -0.4 is 21.9 Å². The number of nitrogens with one attached hydrogen (secondary N) is 3. The third-order valence-corrected chi connectivity index (χ3v) is 6.93. The van der Waals surface area contributed by atoms with Gasteiger partial charge in [-0.05, 0) is 55.9 Å². The van der Waals surface area contributed by atoms with Crippen molar-refractivity contribution in [1.82, 2.24) is 21.0 Å². The Morgan fingerprint density at radius 2 is 1.86 bits per heavy atom. The normalized spacial score (nSPS) is 20.3. The highest BCUT2D eigenvalue weighted by molar-refractivity contribution is 5.81. The van der Waals surface area contributed by atoms with E-state index in [0.29, 0.717) is 0 Å². The molecule has 1 fully saturated rings. The molecule has 5 N–H and O–H groups in total. The number of methoxy groups -OCH3 is 1. The first-order valence-corrected chi connectivity index (χ1v) is 13.2. The Morgan fingerprint density at radius 1 is 1.19 bits per heavy atom. The topological polar surface area (TPSA) is 131 Å². The predicted molar refractivity (Wildman–Crippen MR) is 147 cm³/mol. The number of carbonyl (C=O) groups excluding carboxylic acids is 2. The number of hydrogen-bond donors (Lipinski definition) is 4. The number of pyridine rings is 1. The largest absolute Gasteiger partial charge is 0.377 e. The number of rotatable bonds is 14. The van der Waals surface area contributed by atoms with Crippen molar-refractivity contribution in [2.24, 2.45) is 17.7 Å². The van der Waals surface area contributed by atoms with Gasteiger partial charge in [-0.3, -0.25) is 25.3 Å². The number of nitrogens with zero attached hydrogens (tertiary/aromatic N) is 1. The molecule has 37 heavy (non-hydrogen) atoms. The van der Waals surface area contributed by atoms with Crippen molar-refractivity contribution in [2.45, 2.75) is 91.8 Å². The number of hydrogen-bond acceptors (Lipinski definition) is 7. The van der Waals surface area contributed by atoms with E-state index in [1.54, 1.807) is 14.0 Å². The Kier molecular flexibility index (Phi) is 11.9. The van der Waals surface area contributed by atoms with Crippen LogP contribution in [0, 0.1) is 18.8 Å². The SMILES string of the molecule is CCC(=Cc1cc(C=CC(OC)C(C)C(=O)NC(C(C)C)C2OC2NC(C)C(=O)NN)ncc1C)CC. The summed E-state index contributed by atoms with van der Waals surface area (Å²) in [5.41, 5.74) is 6.60. The zero-order valence-electron chi connectivity index (χ0n) is 23.5. The first kappa shape index (κ1) is 30.6. The predicted octanol–water partition coefficient (Wildman–Crippen LogP) is 3.09. The highest BCUT2D eigenvalue weighted by Crippen LogP contribution is 2.28. The van der Waals surface area contributed by atoms with Crippen LogP contribution in [0.4, 0.5) is 0 Å². The van der Waals surface area contributed by atoms with Crippen LogP contribution >= 0.6 is 0 Å². The molecule has 206 valence electrons. The molecule has 2 rings (SSSR count). The minimum atomic E-state index is -0.507. The maximum atomic E-state index is 13.2. The standard InChI is InChI=1S/C28H45N5O4/c1-9-20(10-2)13-21-14-22(30-15-17(21)5)11-12-23(36-8)18(6)26(34)32-24(16(3)4)25-28(37-25)31-19(7)27(35)33-29/h11-16,18-19,23-25,28,31H,9-10,29H2,1-8H3,(H,32,34)(H,33,35). The van der Waals surface area contributed by atoms with Crippen molar-refractivity contribution in [2.75, 3.05) is 7.11 Å². The lowest BCUT2D eigenvalue weighted by atomic mass is 9.97. The van der Waals surface area contributed by atoms with E-state index in [-0.39, 0.29) is 36.1 Å². The fourth-order valence-corrected chi connectivity index (χ4v) is 4.17. The Morgan fingerprint density at radius 3 is 2.43 bits per heavy atom. The smallest absolute Gasteiger partial charge is 0.250 e. The van der Waals surface area contributed by atoms with Crippen molar-refractivity contribution < 1.29 is 19.1 Å². The number of hydrazine groups is 1. The number of aryl methyl sites for hydroxylation is 1. The Bertz CT molecular complexity index is 971. The van der Waals surface area contributed by atoms with E-state index < -0.39 is 18.1 Å². The van der Waals surface area contributed by atoms with Crippen molar-refractivity contribution in [1.29, 1.82) is 0 Å². The fraction of sp³-hybridized carbons (Fsp3) is 0.607. The molecule has 1 aromatic rings. The minimum absolute atomic E-state index is 0.127. The molecule has 0 saturated carbocycles. The van der Waals surface area contributed by atoms with Gasteiger partial charge in [0, 0.05) is 13.3 Å². The quantitative estimate of drug-likeness (QED) is 0.130. The second-order valence-corrected chi connectivity index (χ2v) is 10.0. The Labute approximate surface area is 221 Å². The van der Waals surface area contributed by atoms with Gasteiger partial charge in [0.2, 0.25) is 5.91 Å². The van der Waals surface area contributed by atoms with Gasteiger partial charge in [-0.2, -0.15) is 0 Å². The van der Waals surface area contributed by atoms with Crippen molar-refractivity contribution in [3.63, 3.8) is 0 Å². The molecule has 0 spiro atoms. The summed E-state index contributed by atoms with van der Waals surface area (Å²) in [6, 6.07) is 1.33. The molecule has 1 aliphatic heterocycles. The number of allylic oxidation sites excluding steroid dienone is 1. The molecule has 1 saturated heterocycles. The molecule has 0 aromatic carbocycles. The van der Waals surface area contributed by atoms with Gasteiger partial charge in [-0.1, -0.05) is 52.3 Å². The molecule has 9 heteroatoms. The molecule has 2 amide bonds. The molecular formula is C28H45N5O4. The van der Waals surface area contributed by atoms with Crippen molar-refractivity contribution in [3.05, 3.63) is 40.7 Å². The maximum absolute atomic E-state index is 13.2. The average molecular weight is 516 g/mol. The molecule has 6 unspecified atom stereocenters. The van der Waals surface area contributed by atoms with E-state index in [0.717, 1.165) is 29.7 Å². The monoisotopic (exact) mass is 515 g/mol. The minimum Gasteiger partial charge on any atom is -0.377 e. The number of nitrogens with two attached hydrogens (primary N) is 1. The van der Waals surface area contributed by atoms with Gasteiger partial charge in [0.1, 0.15) is 12.3 Å². The van der Waals surface area contributed by atoms with E-state index in [1.165, 1.54) is 5.57 Å². The van der Waals surface area contributed by atoms with Crippen LogP contribution in [0.25, 0.3) is 12.2 Å². The Hall–Kier alpha value is -2.59.